The first-order chi connectivity index (χ1) is 17.8. The van der Waals surface area contributed by atoms with Gasteiger partial charge in [0.1, 0.15) is 27.2 Å². The monoisotopic (exact) mass is 557 g/mol. The van der Waals surface area contributed by atoms with Crippen molar-refractivity contribution in [2.24, 2.45) is 0 Å². The van der Waals surface area contributed by atoms with Crippen LogP contribution in [0.4, 0.5) is 5.88 Å². The Morgan fingerprint density at radius 1 is 1.11 bits per heavy atom. The van der Waals surface area contributed by atoms with Gasteiger partial charge in [-0.05, 0) is 42.3 Å². The van der Waals surface area contributed by atoms with E-state index in [0.29, 0.717) is 27.2 Å². The van der Waals surface area contributed by atoms with E-state index in [1.807, 2.05) is 42.5 Å². The third kappa shape index (κ3) is 4.83. The number of pyridine rings is 1. The number of aromatic nitrogens is 2. The average Bonchev–Trinajstić information content (AvgIpc) is 3.43. The van der Waals surface area contributed by atoms with Crippen molar-refractivity contribution >= 4 is 59.8 Å². The molecule has 0 N–H and O–H groups in total. The van der Waals surface area contributed by atoms with Crippen LogP contribution in [0.2, 0.25) is 5.02 Å². The van der Waals surface area contributed by atoms with E-state index in [9.17, 15) is 8.42 Å². The molecule has 0 aliphatic heterocycles. The molecule has 0 aliphatic rings. The van der Waals surface area contributed by atoms with E-state index in [4.69, 9.17) is 25.6 Å². The summed E-state index contributed by atoms with van der Waals surface area (Å²) in [6.07, 6.45) is 1.37. The lowest BCUT2D eigenvalue weighted by Crippen LogP contribution is -2.35. The van der Waals surface area contributed by atoms with E-state index in [2.05, 4.69) is 10.1 Å². The largest absolute Gasteiger partial charge is 0.356 e. The first-order valence-corrected chi connectivity index (χ1v) is 14.1. The summed E-state index contributed by atoms with van der Waals surface area (Å²) in [5.41, 5.74) is 1.37. The van der Waals surface area contributed by atoms with Gasteiger partial charge >= 0.3 is 0 Å². The second-order valence-corrected chi connectivity index (χ2v) is 11.6. The van der Waals surface area contributed by atoms with Gasteiger partial charge in [-0.1, -0.05) is 59.2 Å². The predicted molar refractivity (Wildman–Crippen MR) is 145 cm³/mol. The lowest BCUT2D eigenvalue weighted by molar-refractivity contribution is -0.108. The number of rotatable bonds is 9. The molecule has 1 atom stereocenters. The Labute approximate surface area is 223 Å². The summed E-state index contributed by atoms with van der Waals surface area (Å²) in [7, 11) is -2.78. The van der Waals surface area contributed by atoms with Crippen LogP contribution in [-0.2, 0) is 25.9 Å². The number of anilines is 1. The molecule has 0 saturated carbocycles. The highest BCUT2D eigenvalue weighted by Gasteiger charge is 2.36. The standard InChI is InChI=1S/C26H24ClN3O5S2/c1-16-23(27)26(35-29-16)30(15-34-17(2)33-3)37(31,32)24-21-12-7-13-28-25(21)36-22(24)14-19-10-6-9-18-8-4-5-11-20(18)19/h4-13,17H,14-15H2,1-3H3. The van der Waals surface area contributed by atoms with Crippen molar-refractivity contribution in [1.29, 1.82) is 0 Å². The molecule has 0 saturated heterocycles. The van der Waals surface area contributed by atoms with Crippen molar-refractivity contribution in [3.8, 4) is 0 Å². The highest BCUT2D eigenvalue weighted by Crippen LogP contribution is 2.40. The fourth-order valence-corrected chi connectivity index (χ4v) is 7.42. The molecule has 0 amide bonds. The lowest BCUT2D eigenvalue weighted by atomic mass is 10.0. The van der Waals surface area contributed by atoms with Crippen LogP contribution in [0.1, 0.15) is 23.1 Å². The van der Waals surface area contributed by atoms with E-state index in [-0.39, 0.29) is 15.8 Å². The molecule has 37 heavy (non-hydrogen) atoms. The molecule has 0 aliphatic carbocycles. The van der Waals surface area contributed by atoms with Crippen molar-refractivity contribution in [1.82, 2.24) is 10.1 Å². The Balaban J connectivity index is 1.68. The average molecular weight is 558 g/mol. The van der Waals surface area contributed by atoms with E-state index < -0.39 is 23.0 Å². The quantitative estimate of drug-likeness (QED) is 0.200. The molecule has 5 aromatic rings. The molecule has 3 heterocycles. The molecule has 1 unspecified atom stereocenters. The zero-order chi connectivity index (χ0) is 26.2. The SMILES string of the molecule is COC(C)OCN(c1onc(C)c1Cl)S(=O)(=O)c1c(Cc2cccc3ccccc23)sc2ncccc12. The number of fused-ring (bicyclic) bond motifs is 2. The smallest absolute Gasteiger partial charge is 0.270 e. The van der Waals surface area contributed by atoms with E-state index in [1.165, 1.54) is 18.4 Å². The van der Waals surface area contributed by atoms with Gasteiger partial charge in [-0.2, -0.15) is 0 Å². The summed E-state index contributed by atoms with van der Waals surface area (Å²) in [5.74, 6) is -0.123. The number of thiophene rings is 1. The van der Waals surface area contributed by atoms with E-state index in [0.717, 1.165) is 20.6 Å². The topological polar surface area (TPSA) is 94.8 Å². The normalized spacial score (nSPS) is 12.9. The van der Waals surface area contributed by atoms with Gasteiger partial charge in [0.05, 0.1) is 0 Å². The van der Waals surface area contributed by atoms with Gasteiger partial charge in [-0.15, -0.1) is 11.3 Å². The third-order valence-corrected chi connectivity index (χ3v) is 9.54. The van der Waals surface area contributed by atoms with Crippen LogP contribution in [0.5, 0.6) is 0 Å². The summed E-state index contributed by atoms with van der Waals surface area (Å²) in [4.78, 5) is 5.83. The minimum Gasteiger partial charge on any atom is -0.356 e. The number of benzene rings is 2. The first-order valence-electron chi connectivity index (χ1n) is 11.4. The van der Waals surface area contributed by atoms with Crippen LogP contribution in [0.15, 0.2) is 70.2 Å². The molecular weight excluding hydrogens is 534 g/mol. The Bertz CT molecular complexity index is 1680. The molecule has 11 heteroatoms. The van der Waals surface area contributed by atoms with Crippen molar-refractivity contribution in [3.05, 3.63) is 82.0 Å². The van der Waals surface area contributed by atoms with Gasteiger partial charge in [-0.3, -0.25) is 0 Å². The number of sulfonamides is 1. The van der Waals surface area contributed by atoms with Crippen LogP contribution in [0.25, 0.3) is 21.0 Å². The predicted octanol–water partition coefficient (Wildman–Crippen LogP) is 6.15. The molecule has 8 nitrogen and oxygen atoms in total. The highest BCUT2D eigenvalue weighted by atomic mass is 35.5. The number of hydrogen-bond acceptors (Lipinski definition) is 8. The summed E-state index contributed by atoms with van der Waals surface area (Å²) < 4.78 is 45.9. The van der Waals surface area contributed by atoms with Gasteiger partial charge in [0.15, 0.2) is 6.29 Å². The first kappa shape index (κ1) is 25.6. The minimum absolute atomic E-state index is 0.0884. The number of ether oxygens (including phenoxy) is 2. The second-order valence-electron chi connectivity index (χ2n) is 8.37. The number of aryl methyl sites for hydroxylation is 1. The Kier molecular flexibility index (Phi) is 7.19. The van der Waals surface area contributed by atoms with Gasteiger partial charge in [0.2, 0.25) is 0 Å². The molecule has 3 aromatic heterocycles. The fraction of sp³-hybridized carbons (Fsp3) is 0.231. The summed E-state index contributed by atoms with van der Waals surface area (Å²) in [5, 5.41) is 6.60. The molecule has 0 spiro atoms. The van der Waals surface area contributed by atoms with Crippen molar-refractivity contribution in [2.45, 2.75) is 31.5 Å². The summed E-state index contributed by atoms with van der Waals surface area (Å²) in [6, 6.07) is 17.5. The second kappa shape index (κ2) is 10.4. The fourth-order valence-electron chi connectivity index (χ4n) is 4.07. The molecule has 0 fully saturated rings. The maximum atomic E-state index is 14.4. The zero-order valence-corrected chi connectivity index (χ0v) is 22.7. The van der Waals surface area contributed by atoms with Gasteiger partial charge in [-0.25, -0.2) is 17.7 Å². The molecule has 0 radical (unpaired) electrons. The van der Waals surface area contributed by atoms with Crippen LogP contribution in [-0.4, -0.2) is 38.7 Å². The van der Waals surface area contributed by atoms with E-state index in [1.54, 1.807) is 32.2 Å². The lowest BCUT2D eigenvalue weighted by Gasteiger charge is -2.23. The Morgan fingerprint density at radius 3 is 2.62 bits per heavy atom. The van der Waals surface area contributed by atoms with E-state index >= 15 is 0 Å². The van der Waals surface area contributed by atoms with Crippen molar-refractivity contribution in [2.75, 3.05) is 18.1 Å². The van der Waals surface area contributed by atoms with Crippen LogP contribution < -0.4 is 4.31 Å². The van der Waals surface area contributed by atoms with Crippen molar-refractivity contribution < 1.29 is 22.4 Å². The highest BCUT2D eigenvalue weighted by molar-refractivity contribution is 7.93. The Morgan fingerprint density at radius 2 is 1.86 bits per heavy atom. The van der Waals surface area contributed by atoms with Gasteiger partial charge in [0.25, 0.3) is 15.9 Å². The molecule has 5 rings (SSSR count). The number of halogens is 1. The third-order valence-electron chi connectivity index (χ3n) is 6.03. The number of hydrogen-bond donors (Lipinski definition) is 0. The summed E-state index contributed by atoms with van der Waals surface area (Å²) in [6.45, 7) is 2.90. The van der Waals surface area contributed by atoms with Crippen molar-refractivity contribution in [3.63, 3.8) is 0 Å². The molecule has 2 aromatic carbocycles. The minimum atomic E-state index is -4.25. The number of nitrogens with zero attached hydrogens (tertiary/aromatic N) is 3. The zero-order valence-electron chi connectivity index (χ0n) is 20.3. The summed E-state index contributed by atoms with van der Waals surface area (Å²) >= 11 is 7.76. The number of methoxy groups -OCH3 is 1. The maximum Gasteiger partial charge on any atom is 0.270 e. The van der Waals surface area contributed by atoms with Crippen LogP contribution in [0.3, 0.4) is 0 Å². The maximum absolute atomic E-state index is 14.4. The van der Waals surface area contributed by atoms with Crippen LogP contribution in [0, 0.1) is 6.92 Å². The molecule has 0 bridgehead atoms. The Hall–Kier alpha value is -3.02. The molecular formula is C26H24ClN3O5S2. The van der Waals surface area contributed by atoms with Gasteiger partial charge in [0, 0.05) is 30.0 Å². The van der Waals surface area contributed by atoms with Crippen LogP contribution >= 0.6 is 22.9 Å². The van der Waals surface area contributed by atoms with Gasteiger partial charge < -0.3 is 14.0 Å². The molecule has 192 valence electrons.